The molecule has 7 heteroatoms. The minimum Gasteiger partial charge on any atom is -0.481 e. The Bertz CT molecular complexity index is 662. The minimum atomic E-state index is -0.886. The average molecular weight is 288 g/mol. The molecular weight excluding hydrogens is 272 g/mol. The third-order valence-electron chi connectivity index (χ3n) is 3.99. The van der Waals surface area contributed by atoms with Crippen LogP contribution < -0.4 is 0 Å². The highest BCUT2D eigenvalue weighted by atomic mass is 16.4. The summed E-state index contributed by atoms with van der Waals surface area (Å²) in [5.74, 6) is -1.91. The summed E-state index contributed by atoms with van der Waals surface area (Å²) in [5.41, 5.74) is 1.31. The fourth-order valence-electron chi connectivity index (χ4n) is 2.88. The van der Waals surface area contributed by atoms with E-state index in [0.29, 0.717) is 12.2 Å². The quantitative estimate of drug-likeness (QED) is 0.869. The summed E-state index contributed by atoms with van der Waals surface area (Å²) in [6.07, 6.45) is 4.99. The van der Waals surface area contributed by atoms with Gasteiger partial charge in [0.05, 0.1) is 12.2 Å². The van der Waals surface area contributed by atoms with Crippen LogP contribution in [0.5, 0.6) is 0 Å². The fourth-order valence-corrected chi connectivity index (χ4v) is 2.88. The molecule has 21 heavy (non-hydrogen) atoms. The lowest BCUT2D eigenvalue weighted by molar-refractivity contribution is -0.141. The van der Waals surface area contributed by atoms with Gasteiger partial charge in [-0.05, 0) is 12.1 Å². The highest BCUT2D eigenvalue weighted by molar-refractivity contribution is 5.93. The van der Waals surface area contributed by atoms with E-state index in [-0.39, 0.29) is 18.4 Å². The molecule has 0 unspecified atom stereocenters. The molecule has 1 aliphatic heterocycles. The molecule has 2 aromatic rings. The predicted molar refractivity (Wildman–Crippen MR) is 73.8 cm³/mol. The Morgan fingerprint density at radius 2 is 2.24 bits per heavy atom. The maximum absolute atomic E-state index is 12.4. The van der Waals surface area contributed by atoms with E-state index in [9.17, 15) is 14.7 Å². The van der Waals surface area contributed by atoms with Crippen molar-refractivity contribution in [2.75, 3.05) is 13.1 Å². The number of rotatable bonds is 3. The first-order valence-electron chi connectivity index (χ1n) is 6.69. The first kappa shape index (κ1) is 13.4. The molecule has 0 aliphatic carbocycles. The molecule has 1 amide bonds. The van der Waals surface area contributed by atoms with E-state index in [4.69, 9.17) is 0 Å². The molecule has 1 saturated heterocycles. The van der Waals surface area contributed by atoms with E-state index in [1.54, 1.807) is 35.8 Å². The fraction of sp³-hybridized carbons (Fsp3) is 0.357. The van der Waals surface area contributed by atoms with Gasteiger partial charge in [-0.1, -0.05) is 0 Å². The first-order chi connectivity index (χ1) is 10.1. The Morgan fingerprint density at radius 1 is 1.43 bits per heavy atom. The largest absolute Gasteiger partial charge is 0.481 e. The molecule has 0 radical (unpaired) electrons. The van der Waals surface area contributed by atoms with Gasteiger partial charge >= 0.3 is 5.97 Å². The van der Waals surface area contributed by atoms with E-state index in [1.165, 1.54) is 0 Å². The molecule has 110 valence electrons. The van der Waals surface area contributed by atoms with Crippen LogP contribution in [-0.4, -0.2) is 49.5 Å². The van der Waals surface area contributed by atoms with Crippen LogP contribution in [0.4, 0.5) is 0 Å². The van der Waals surface area contributed by atoms with Crippen molar-refractivity contribution in [1.82, 2.24) is 19.4 Å². The van der Waals surface area contributed by atoms with Gasteiger partial charge in [-0.15, -0.1) is 0 Å². The summed E-state index contributed by atoms with van der Waals surface area (Å²) >= 11 is 0. The van der Waals surface area contributed by atoms with E-state index >= 15 is 0 Å². The molecule has 2 N–H and O–H groups in total. The number of aryl methyl sites for hydroxylation is 1. The maximum Gasteiger partial charge on any atom is 0.309 e. The van der Waals surface area contributed by atoms with Crippen molar-refractivity contribution in [2.24, 2.45) is 13.0 Å². The van der Waals surface area contributed by atoms with Crippen LogP contribution in [0.2, 0.25) is 0 Å². The van der Waals surface area contributed by atoms with Crippen molar-refractivity contribution >= 4 is 11.9 Å². The minimum absolute atomic E-state index is 0.170. The molecule has 2 aromatic heterocycles. The number of carbonyl (C=O) groups excluding carboxylic acids is 1. The Kier molecular flexibility index (Phi) is 3.25. The van der Waals surface area contributed by atoms with Gasteiger partial charge in [0.2, 0.25) is 0 Å². The van der Waals surface area contributed by atoms with Gasteiger partial charge in [0.1, 0.15) is 5.69 Å². The van der Waals surface area contributed by atoms with Gasteiger partial charge in [0.25, 0.3) is 5.91 Å². The molecule has 2 atom stereocenters. The normalized spacial score (nSPS) is 21.7. The number of H-pyrrole nitrogens is 1. The van der Waals surface area contributed by atoms with Crippen LogP contribution in [0, 0.1) is 5.92 Å². The smallest absolute Gasteiger partial charge is 0.309 e. The third kappa shape index (κ3) is 2.31. The van der Waals surface area contributed by atoms with Gasteiger partial charge < -0.3 is 19.6 Å². The number of carboxylic acids is 1. The number of aromatic nitrogens is 3. The van der Waals surface area contributed by atoms with E-state index in [0.717, 1.165) is 5.69 Å². The van der Waals surface area contributed by atoms with Gasteiger partial charge in [-0.3, -0.25) is 9.59 Å². The summed E-state index contributed by atoms with van der Waals surface area (Å²) in [4.78, 5) is 32.3. The van der Waals surface area contributed by atoms with Crippen molar-refractivity contribution in [3.8, 4) is 0 Å². The lowest BCUT2D eigenvalue weighted by Crippen LogP contribution is -2.30. The second-order valence-electron chi connectivity index (χ2n) is 5.27. The number of aromatic amines is 1. The zero-order valence-electron chi connectivity index (χ0n) is 11.6. The van der Waals surface area contributed by atoms with E-state index in [2.05, 4.69) is 9.97 Å². The number of imidazole rings is 1. The number of carbonyl (C=O) groups is 2. The number of likely N-dealkylation sites (tertiary alicyclic amines) is 1. The number of aliphatic carboxylic acids is 1. The van der Waals surface area contributed by atoms with E-state index in [1.807, 2.05) is 11.6 Å². The van der Waals surface area contributed by atoms with E-state index < -0.39 is 11.9 Å². The molecule has 0 spiro atoms. The van der Waals surface area contributed by atoms with Crippen molar-refractivity contribution in [2.45, 2.75) is 5.92 Å². The molecule has 1 aliphatic rings. The topological polar surface area (TPSA) is 91.2 Å². The van der Waals surface area contributed by atoms with Crippen LogP contribution in [0.15, 0.2) is 30.9 Å². The highest BCUT2D eigenvalue weighted by Crippen LogP contribution is 2.33. The highest BCUT2D eigenvalue weighted by Gasteiger charge is 2.42. The molecule has 0 saturated carbocycles. The lowest BCUT2D eigenvalue weighted by Gasteiger charge is -2.15. The second kappa shape index (κ2) is 5.08. The molecule has 7 nitrogen and oxygen atoms in total. The Morgan fingerprint density at radius 3 is 2.81 bits per heavy atom. The summed E-state index contributed by atoms with van der Waals surface area (Å²) in [5, 5.41) is 9.43. The molecular formula is C14H16N4O3. The Labute approximate surface area is 121 Å². The number of hydrogen-bond donors (Lipinski definition) is 2. The zero-order chi connectivity index (χ0) is 15.0. The van der Waals surface area contributed by atoms with Crippen LogP contribution in [0.3, 0.4) is 0 Å². The summed E-state index contributed by atoms with van der Waals surface area (Å²) in [6.45, 7) is 0.595. The predicted octanol–water partition coefficient (Wildman–Crippen LogP) is 0.689. The Hall–Kier alpha value is -2.57. The van der Waals surface area contributed by atoms with Gasteiger partial charge in [-0.25, -0.2) is 4.98 Å². The van der Waals surface area contributed by atoms with Crippen molar-refractivity contribution < 1.29 is 14.7 Å². The standard InChI is InChI=1S/C14H16N4O3/c1-17-8-15-5-12(17)9-6-18(7-10(9)14(20)21)13(19)11-3-2-4-16-11/h2-5,8-10,16H,6-7H2,1H3,(H,20,21)/t9-,10-/m1/s1. The number of hydrogen-bond acceptors (Lipinski definition) is 3. The number of carboxylic acid groups (broad SMARTS) is 1. The molecule has 0 bridgehead atoms. The average Bonchev–Trinajstić information content (AvgIpc) is 3.17. The lowest BCUT2D eigenvalue weighted by atomic mass is 9.93. The number of nitrogens with one attached hydrogen (secondary N) is 1. The second-order valence-corrected chi connectivity index (χ2v) is 5.27. The maximum atomic E-state index is 12.4. The third-order valence-corrected chi connectivity index (χ3v) is 3.99. The molecule has 0 aromatic carbocycles. The summed E-state index contributed by atoms with van der Waals surface area (Å²) in [7, 11) is 1.83. The SMILES string of the molecule is Cn1cncc1[C@@H]1CN(C(=O)c2ccc[nH]2)C[C@H]1C(=O)O. The first-order valence-corrected chi connectivity index (χ1v) is 6.69. The number of amides is 1. The summed E-state index contributed by atoms with van der Waals surface area (Å²) in [6, 6.07) is 3.44. The van der Waals surface area contributed by atoms with Crippen LogP contribution in [-0.2, 0) is 11.8 Å². The van der Waals surface area contributed by atoms with Gasteiger partial charge in [0, 0.05) is 44.1 Å². The van der Waals surface area contributed by atoms with Crippen molar-refractivity contribution in [3.63, 3.8) is 0 Å². The van der Waals surface area contributed by atoms with Crippen molar-refractivity contribution in [1.29, 1.82) is 0 Å². The zero-order valence-corrected chi connectivity index (χ0v) is 11.6. The molecule has 3 heterocycles. The molecule has 3 rings (SSSR count). The van der Waals surface area contributed by atoms with Crippen molar-refractivity contribution in [3.05, 3.63) is 42.2 Å². The van der Waals surface area contributed by atoms with Gasteiger partial charge in [0.15, 0.2) is 0 Å². The number of nitrogens with zero attached hydrogens (tertiary/aromatic N) is 3. The molecule has 1 fully saturated rings. The summed E-state index contributed by atoms with van der Waals surface area (Å²) < 4.78 is 1.81. The van der Waals surface area contributed by atoms with Crippen LogP contribution >= 0.6 is 0 Å². The monoisotopic (exact) mass is 288 g/mol. The van der Waals surface area contributed by atoms with Gasteiger partial charge in [-0.2, -0.15) is 0 Å². The Balaban J connectivity index is 1.86. The van der Waals surface area contributed by atoms with Crippen LogP contribution in [0.25, 0.3) is 0 Å². The van der Waals surface area contributed by atoms with Crippen LogP contribution in [0.1, 0.15) is 22.1 Å².